The van der Waals surface area contributed by atoms with Crippen molar-refractivity contribution in [1.29, 1.82) is 0 Å². The predicted octanol–water partition coefficient (Wildman–Crippen LogP) is 3.88. The van der Waals surface area contributed by atoms with E-state index in [9.17, 15) is 0 Å². The van der Waals surface area contributed by atoms with Crippen LogP contribution in [0.25, 0.3) is 0 Å². The zero-order valence-electron chi connectivity index (χ0n) is 10.9. The van der Waals surface area contributed by atoms with Crippen LogP contribution in [0, 0.1) is 0 Å². The first-order valence-corrected chi connectivity index (χ1v) is 6.52. The van der Waals surface area contributed by atoms with E-state index in [2.05, 4.69) is 9.97 Å². The van der Waals surface area contributed by atoms with Crippen LogP contribution in [0.1, 0.15) is 19.4 Å². The summed E-state index contributed by atoms with van der Waals surface area (Å²) in [7, 11) is 0. The van der Waals surface area contributed by atoms with Crippen molar-refractivity contribution >= 4 is 11.6 Å². The normalized spacial score (nSPS) is 10.3. The maximum atomic E-state index is 6.02. The van der Waals surface area contributed by atoms with Crippen molar-refractivity contribution in [3.05, 3.63) is 41.3 Å². The summed E-state index contributed by atoms with van der Waals surface area (Å²) in [6, 6.07) is 7.41. The summed E-state index contributed by atoms with van der Waals surface area (Å²) < 4.78 is 11.2. The highest BCUT2D eigenvalue weighted by Gasteiger charge is 2.10. The van der Waals surface area contributed by atoms with Crippen molar-refractivity contribution < 1.29 is 9.47 Å². The molecule has 100 valence electrons. The lowest BCUT2D eigenvalue weighted by molar-refractivity contribution is 0.338. The lowest BCUT2D eigenvalue weighted by Crippen LogP contribution is -1.97. The molecule has 1 heterocycles. The summed E-state index contributed by atoms with van der Waals surface area (Å²) in [6.07, 6.45) is 2.10. The molecule has 0 amide bonds. The fourth-order valence-electron chi connectivity index (χ4n) is 1.67. The van der Waals surface area contributed by atoms with Gasteiger partial charge in [-0.05, 0) is 25.5 Å². The molecule has 4 nitrogen and oxygen atoms in total. The maximum Gasteiger partial charge on any atom is 0.226 e. The summed E-state index contributed by atoms with van der Waals surface area (Å²) in [6.45, 7) is 4.53. The van der Waals surface area contributed by atoms with Gasteiger partial charge in [-0.25, -0.2) is 9.97 Å². The van der Waals surface area contributed by atoms with Crippen molar-refractivity contribution in [1.82, 2.24) is 9.97 Å². The summed E-state index contributed by atoms with van der Waals surface area (Å²) in [5.41, 5.74) is 0.797. The van der Waals surface area contributed by atoms with E-state index in [1.807, 2.05) is 38.1 Å². The van der Waals surface area contributed by atoms with Gasteiger partial charge in [-0.3, -0.25) is 0 Å². The number of nitrogens with zero attached hydrogens (tertiary/aromatic N) is 2. The van der Waals surface area contributed by atoms with E-state index >= 15 is 0 Å². The smallest absolute Gasteiger partial charge is 0.226 e. The van der Waals surface area contributed by atoms with E-state index < -0.39 is 0 Å². The van der Waals surface area contributed by atoms with Gasteiger partial charge in [0.05, 0.1) is 12.2 Å². The monoisotopic (exact) mass is 278 g/mol. The second-order valence-corrected chi connectivity index (χ2v) is 4.17. The van der Waals surface area contributed by atoms with Gasteiger partial charge in [-0.2, -0.15) is 0 Å². The molecule has 0 aliphatic rings. The molecular formula is C14H15ClN2O2. The Morgan fingerprint density at radius 1 is 1.16 bits per heavy atom. The summed E-state index contributed by atoms with van der Waals surface area (Å²) >= 11 is 6.02. The highest BCUT2D eigenvalue weighted by Crippen LogP contribution is 2.29. The Labute approximate surface area is 117 Å². The van der Waals surface area contributed by atoms with Gasteiger partial charge in [0, 0.05) is 6.07 Å². The molecule has 0 unspecified atom stereocenters. The number of aromatic nitrogens is 2. The first-order valence-electron chi connectivity index (χ1n) is 6.14. The number of halogens is 1. The van der Waals surface area contributed by atoms with Gasteiger partial charge in [0.15, 0.2) is 0 Å². The molecule has 1 aromatic heterocycles. The standard InChI is InChI=1S/C14H15ClN2O2/c1-3-12-13(15)16-9-17-14(12)19-11-7-5-6-10(8-11)18-4-2/h5-9H,3-4H2,1-2H3. The van der Waals surface area contributed by atoms with Gasteiger partial charge in [0.1, 0.15) is 23.0 Å². The Kier molecular flexibility index (Phi) is 4.58. The SMILES string of the molecule is CCOc1cccc(Oc2ncnc(Cl)c2CC)c1. The average molecular weight is 279 g/mol. The van der Waals surface area contributed by atoms with Gasteiger partial charge in [-0.1, -0.05) is 24.6 Å². The minimum absolute atomic E-state index is 0.425. The Balaban J connectivity index is 2.26. The quantitative estimate of drug-likeness (QED) is 0.779. The number of rotatable bonds is 5. The van der Waals surface area contributed by atoms with Gasteiger partial charge >= 0.3 is 0 Å². The number of hydrogen-bond donors (Lipinski definition) is 0. The van der Waals surface area contributed by atoms with Crippen molar-refractivity contribution in [2.45, 2.75) is 20.3 Å². The first-order chi connectivity index (χ1) is 9.24. The minimum atomic E-state index is 0.425. The summed E-state index contributed by atoms with van der Waals surface area (Å²) in [5, 5.41) is 0.425. The molecule has 2 aromatic rings. The second-order valence-electron chi connectivity index (χ2n) is 3.81. The number of ether oxygens (including phenoxy) is 2. The molecule has 19 heavy (non-hydrogen) atoms. The summed E-state index contributed by atoms with van der Waals surface area (Å²) in [5.74, 6) is 1.91. The zero-order chi connectivity index (χ0) is 13.7. The molecule has 0 radical (unpaired) electrons. The van der Waals surface area contributed by atoms with E-state index in [1.54, 1.807) is 0 Å². The maximum absolute atomic E-state index is 6.02. The third-order valence-corrected chi connectivity index (χ3v) is 2.86. The highest BCUT2D eigenvalue weighted by molar-refractivity contribution is 6.30. The Hall–Kier alpha value is -1.81. The van der Waals surface area contributed by atoms with Crippen LogP contribution in [-0.2, 0) is 6.42 Å². The summed E-state index contributed by atoms with van der Waals surface area (Å²) in [4.78, 5) is 8.07. The number of hydrogen-bond acceptors (Lipinski definition) is 4. The lowest BCUT2D eigenvalue weighted by Gasteiger charge is -2.10. The van der Waals surface area contributed by atoms with Gasteiger partial charge in [0.25, 0.3) is 0 Å². The Morgan fingerprint density at radius 2 is 1.95 bits per heavy atom. The van der Waals surface area contributed by atoms with Gasteiger partial charge in [0.2, 0.25) is 5.88 Å². The molecule has 0 atom stereocenters. The van der Waals surface area contributed by atoms with E-state index in [4.69, 9.17) is 21.1 Å². The molecule has 0 saturated carbocycles. The average Bonchev–Trinajstić information content (AvgIpc) is 2.40. The molecule has 0 aliphatic carbocycles. The molecule has 0 N–H and O–H groups in total. The van der Waals surface area contributed by atoms with Crippen LogP contribution in [0.4, 0.5) is 0 Å². The van der Waals surface area contributed by atoms with Crippen molar-refractivity contribution in [2.24, 2.45) is 0 Å². The third kappa shape index (κ3) is 3.35. The fourth-order valence-corrected chi connectivity index (χ4v) is 1.93. The van der Waals surface area contributed by atoms with Crippen molar-refractivity contribution in [3.63, 3.8) is 0 Å². The Morgan fingerprint density at radius 3 is 2.68 bits per heavy atom. The molecule has 0 bridgehead atoms. The molecule has 0 saturated heterocycles. The molecule has 0 aliphatic heterocycles. The Bertz CT molecular complexity index is 561. The largest absolute Gasteiger partial charge is 0.494 e. The van der Waals surface area contributed by atoms with Crippen molar-refractivity contribution in [3.8, 4) is 17.4 Å². The molecule has 1 aromatic carbocycles. The molecule has 5 heteroatoms. The lowest BCUT2D eigenvalue weighted by atomic mass is 10.2. The fraction of sp³-hybridized carbons (Fsp3) is 0.286. The molecule has 0 spiro atoms. The molecule has 0 fully saturated rings. The van der Waals surface area contributed by atoms with Crippen LogP contribution < -0.4 is 9.47 Å². The van der Waals surface area contributed by atoms with E-state index in [0.717, 1.165) is 11.3 Å². The minimum Gasteiger partial charge on any atom is -0.494 e. The number of benzene rings is 1. The van der Waals surface area contributed by atoms with Gasteiger partial charge < -0.3 is 9.47 Å². The van der Waals surface area contributed by atoms with Crippen LogP contribution in [-0.4, -0.2) is 16.6 Å². The van der Waals surface area contributed by atoms with E-state index in [1.165, 1.54) is 6.33 Å². The van der Waals surface area contributed by atoms with Crippen LogP contribution >= 0.6 is 11.6 Å². The van der Waals surface area contributed by atoms with Crippen LogP contribution in [0.5, 0.6) is 17.4 Å². The van der Waals surface area contributed by atoms with Crippen LogP contribution in [0.3, 0.4) is 0 Å². The van der Waals surface area contributed by atoms with E-state index in [-0.39, 0.29) is 0 Å². The highest BCUT2D eigenvalue weighted by atomic mass is 35.5. The van der Waals surface area contributed by atoms with Crippen LogP contribution in [0.15, 0.2) is 30.6 Å². The predicted molar refractivity (Wildman–Crippen MR) is 74.1 cm³/mol. The third-order valence-electron chi connectivity index (χ3n) is 2.54. The van der Waals surface area contributed by atoms with Gasteiger partial charge in [-0.15, -0.1) is 0 Å². The van der Waals surface area contributed by atoms with Crippen LogP contribution in [0.2, 0.25) is 5.15 Å². The topological polar surface area (TPSA) is 44.2 Å². The van der Waals surface area contributed by atoms with Crippen molar-refractivity contribution in [2.75, 3.05) is 6.61 Å². The molecular weight excluding hydrogens is 264 g/mol. The first kappa shape index (κ1) is 13.6. The van der Waals surface area contributed by atoms with E-state index in [0.29, 0.717) is 29.8 Å². The zero-order valence-corrected chi connectivity index (χ0v) is 11.6. The molecule has 2 rings (SSSR count). The second kappa shape index (κ2) is 6.38.